The number of anilines is 1. The molecule has 1 unspecified atom stereocenters. The molecule has 96 valence electrons. The number of amides is 1. The molecule has 2 heterocycles. The minimum Gasteiger partial charge on any atom is -0.388 e. The third kappa shape index (κ3) is 2.26. The Morgan fingerprint density at radius 3 is 2.94 bits per heavy atom. The lowest BCUT2D eigenvalue weighted by Crippen LogP contribution is -2.43. The standard InChI is InChI=1S/C11H15N5OS/c1-13-11(17)7-3-2-6-16(7)10-8(9(12)18)14-4-5-15-10/h4-5,7H,2-3,6H2,1H3,(H2,12,18)(H,13,17). The molecule has 1 atom stereocenters. The Bertz CT molecular complexity index is 478. The van der Waals surface area contributed by atoms with Crippen LogP contribution in [0.1, 0.15) is 18.5 Å². The van der Waals surface area contributed by atoms with Crippen molar-refractivity contribution in [1.82, 2.24) is 15.3 Å². The van der Waals surface area contributed by atoms with Gasteiger partial charge in [0.1, 0.15) is 16.7 Å². The zero-order chi connectivity index (χ0) is 13.1. The van der Waals surface area contributed by atoms with Gasteiger partial charge in [0, 0.05) is 26.0 Å². The molecule has 7 heteroatoms. The number of thiocarbonyl (C=S) groups is 1. The number of rotatable bonds is 3. The minimum atomic E-state index is -0.222. The van der Waals surface area contributed by atoms with Crippen LogP contribution in [0.2, 0.25) is 0 Å². The Morgan fingerprint density at radius 1 is 1.56 bits per heavy atom. The van der Waals surface area contributed by atoms with E-state index in [1.54, 1.807) is 19.4 Å². The SMILES string of the molecule is CNC(=O)C1CCCN1c1nccnc1C(N)=S. The molecule has 18 heavy (non-hydrogen) atoms. The summed E-state index contributed by atoms with van der Waals surface area (Å²) in [6, 6.07) is -0.222. The molecule has 6 nitrogen and oxygen atoms in total. The van der Waals surface area contributed by atoms with E-state index in [2.05, 4.69) is 15.3 Å². The van der Waals surface area contributed by atoms with Gasteiger partial charge >= 0.3 is 0 Å². The summed E-state index contributed by atoms with van der Waals surface area (Å²) in [4.78, 5) is 22.3. The van der Waals surface area contributed by atoms with Crippen molar-refractivity contribution in [2.45, 2.75) is 18.9 Å². The fourth-order valence-electron chi connectivity index (χ4n) is 2.17. The lowest BCUT2D eigenvalue weighted by atomic mass is 10.2. The van der Waals surface area contributed by atoms with Crippen LogP contribution in [0.3, 0.4) is 0 Å². The van der Waals surface area contributed by atoms with Crippen molar-refractivity contribution < 1.29 is 4.79 Å². The van der Waals surface area contributed by atoms with Crippen molar-refractivity contribution >= 4 is 28.9 Å². The van der Waals surface area contributed by atoms with Crippen LogP contribution < -0.4 is 16.0 Å². The lowest BCUT2D eigenvalue weighted by molar-refractivity contribution is -0.121. The molecule has 1 amide bonds. The maximum Gasteiger partial charge on any atom is 0.242 e. The van der Waals surface area contributed by atoms with Crippen LogP contribution in [-0.4, -0.2) is 40.5 Å². The maximum atomic E-state index is 11.8. The molecule has 0 aromatic carbocycles. The van der Waals surface area contributed by atoms with Crippen LogP contribution >= 0.6 is 12.2 Å². The van der Waals surface area contributed by atoms with E-state index in [9.17, 15) is 4.79 Å². The van der Waals surface area contributed by atoms with E-state index < -0.39 is 0 Å². The highest BCUT2D eigenvalue weighted by molar-refractivity contribution is 7.80. The van der Waals surface area contributed by atoms with Crippen LogP contribution in [0.25, 0.3) is 0 Å². The first-order valence-corrected chi connectivity index (χ1v) is 6.15. The highest BCUT2D eigenvalue weighted by atomic mass is 32.1. The number of carbonyl (C=O) groups is 1. The first-order chi connectivity index (χ1) is 8.65. The van der Waals surface area contributed by atoms with Crippen molar-refractivity contribution in [3.05, 3.63) is 18.1 Å². The van der Waals surface area contributed by atoms with Gasteiger partial charge in [-0.2, -0.15) is 0 Å². The van der Waals surface area contributed by atoms with Gasteiger partial charge in [-0.1, -0.05) is 12.2 Å². The van der Waals surface area contributed by atoms with Gasteiger partial charge in [-0.05, 0) is 12.8 Å². The van der Waals surface area contributed by atoms with Crippen LogP contribution in [0.15, 0.2) is 12.4 Å². The first kappa shape index (κ1) is 12.7. The van der Waals surface area contributed by atoms with Crippen molar-refractivity contribution in [3.63, 3.8) is 0 Å². The fourth-order valence-corrected chi connectivity index (χ4v) is 2.32. The van der Waals surface area contributed by atoms with Crippen LogP contribution in [0.4, 0.5) is 5.82 Å². The van der Waals surface area contributed by atoms with Crippen molar-refractivity contribution in [1.29, 1.82) is 0 Å². The van der Waals surface area contributed by atoms with E-state index in [-0.39, 0.29) is 16.9 Å². The topological polar surface area (TPSA) is 84.1 Å². The zero-order valence-electron chi connectivity index (χ0n) is 10.1. The molecular weight excluding hydrogens is 250 g/mol. The summed E-state index contributed by atoms with van der Waals surface area (Å²) in [6.45, 7) is 0.756. The molecule has 0 aliphatic carbocycles. The predicted molar refractivity (Wildman–Crippen MR) is 72.4 cm³/mol. The smallest absolute Gasteiger partial charge is 0.242 e. The first-order valence-electron chi connectivity index (χ1n) is 5.74. The van der Waals surface area contributed by atoms with Gasteiger partial charge < -0.3 is 16.0 Å². The number of aromatic nitrogens is 2. The molecule has 1 aromatic rings. The van der Waals surface area contributed by atoms with Gasteiger partial charge in [0.2, 0.25) is 5.91 Å². The molecule has 1 aliphatic heterocycles. The predicted octanol–water partition coefficient (Wildman–Crippen LogP) is -0.174. The van der Waals surface area contributed by atoms with Gasteiger partial charge in [-0.15, -0.1) is 0 Å². The number of nitrogens with one attached hydrogen (secondary N) is 1. The summed E-state index contributed by atoms with van der Waals surface area (Å²) in [6.07, 6.45) is 4.86. The summed E-state index contributed by atoms with van der Waals surface area (Å²) >= 11 is 4.97. The fraction of sp³-hybridized carbons (Fsp3) is 0.455. The van der Waals surface area contributed by atoms with Crippen molar-refractivity contribution in [3.8, 4) is 0 Å². The number of hydrogen-bond donors (Lipinski definition) is 2. The molecule has 3 N–H and O–H groups in total. The maximum absolute atomic E-state index is 11.8. The number of nitrogens with two attached hydrogens (primary N) is 1. The molecule has 1 fully saturated rings. The summed E-state index contributed by atoms with van der Waals surface area (Å²) in [5, 5.41) is 2.66. The molecule has 0 radical (unpaired) electrons. The number of nitrogens with zero attached hydrogens (tertiary/aromatic N) is 3. The Hall–Kier alpha value is -1.76. The van der Waals surface area contributed by atoms with Gasteiger partial charge in [-0.3, -0.25) is 4.79 Å². The van der Waals surface area contributed by atoms with Crippen LogP contribution in [-0.2, 0) is 4.79 Å². The summed E-state index contributed by atoms with van der Waals surface area (Å²) in [7, 11) is 1.63. The highest BCUT2D eigenvalue weighted by Crippen LogP contribution is 2.25. The number of hydrogen-bond acceptors (Lipinski definition) is 5. The van der Waals surface area contributed by atoms with Gasteiger partial charge in [0.05, 0.1) is 0 Å². The molecule has 0 saturated carbocycles. The van der Waals surface area contributed by atoms with Gasteiger partial charge in [-0.25, -0.2) is 9.97 Å². The summed E-state index contributed by atoms with van der Waals surface area (Å²) in [5.41, 5.74) is 6.11. The molecule has 1 aromatic heterocycles. The normalized spacial score (nSPS) is 18.7. The molecule has 2 rings (SSSR count). The molecule has 1 aliphatic rings. The molecule has 0 spiro atoms. The average molecular weight is 265 g/mol. The van der Waals surface area contributed by atoms with E-state index in [1.807, 2.05) is 4.90 Å². The quantitative estimate of drug-likeness (QED) is 0.738. The third-order valence-corrected chi connectivity index (χ3v) is 3.18. The van der Waals surface area contributed by atoms with Gasteiger partial charge in [0.25, 0.3) is 0 Å². The number of carbonyl (C=O) groups excluding carboxylic acids is 1. The monoisotopic (exact) mass is 265 g/mol. The second-order valence-corrected chi connectivity index (χ2v) is 4.50. The molecular formula is C11H15N5OS. The summed E-state index contributed by atoms with van der Waals surface area (Å²) < 4.78 is 0. The summed E-state index contributed by atoms with van der Waals surface area (Å²) in [5.74, 6) is 0.572. The zero-order valence-corrected chi connectivity index (χ0v) is 10.9. The molecule has 1 saturated heterocycles. The van der Waals surface area contributed by atoms with Crippen molar-refractivity contribution in [2.75, 3.05) is 18.5 Å². The largest absolute Gasteiger partial charge is 0.388 e. The molecule has 0 bridgehead atoms. The Kier molecular flexibility index (Phi) is 3.71. The van der Waals surface area contributed by atoms with Crippen LogP contribution in [0, 0.1) is 0 Å². The number of likely N-dealkylation sites (N-methyl/N-ethyl adjacent to an activating group) is 1. The average Bonchev–Trinajstić information content (AvgIpc) is 2.86. The lowest BCUT2D eigenvalue weighted by Gasteiger charge is -2.25. The second kappa shape index (κ2) is 5.26. The van der Waals surface area contributed by atoms with E-state index >= 15 is 0 Å². The highest BCUT2D eigenvalue weighted by Gasteiger charge is 2.32. The van der Waals surface area contributed by atoms with Crippen LogP contribution in [0.5, 0.6) is 0 Å². The third-order valence-electron chi connectivity index (χ3n) is 2.99. The van der Waals surface area contributed by atoms with Crippen molar-refractivity contribution in [2.24, 2.45) is 5.73 Å². The van der Waals surface area contributed by atoms with E-state index in [4.69, 9.17) is 18.0 Å². The van der Waals surface area contributed by atoms with Gasteiger partial charge in [0.15, 0.2) is 5.82 Å². The Morgan fingerprint density at radius 2 is 2.28 bits per heavy atom. The van der Waals surface area contributed by atoms with E-state index in [0.717, 1.165) is 19.4 Å². The Balaban J connectivity index is 2.36. The van der Waals surface area contributed by atoms with E-state index in [1.165, 1.54) is 0 Å². The van der Waals surface area contributed by atoms with E-state index in [0.29, 0.717) is 11.5 Å². The second-order valence-electron chi connectivity index (χ2n) is 4.06. The Labute approximate surface area is 111 Å². The minimum absolute atomic E-state index is 0.0213.